The molecule has 0 aliphatic carbocycles. The minimum atomic E-state index is -1.07. The van der Waals surface area contributed by atoms with Gasteiger partial charge in [-0.05, 0) is 42.8 Å². The van der Waals surface area contributed by atoms with Gasteiger partial charge < -0.3 is 14.6 Å². The van der Waals surface area contributed by atoms with Crippen LogP contribution in [0.2, 0.25) is 0 Å². The van der Waals surface area contributed by atoms with E-state index in [1.165, 1.54) is 6.92 Å². The maximum atomic E-state index is 10.8. The minimum Gasteiger partial charge on any atom is -0.466 e. The Labute approximate surface area is 144 Å². The van der Waals surface area contributed by atoms with E-state index in [0.717, 1.165) is 15.8 Å². The lowest BCUT2D eigenvalue weighted by atomic mass is 9.93. The van der Waals surface area contributed by atoms with Gasteiger partial charge in [-0.15, -0.1) is 0 Å². The Morgan fingerprint density at radius 3 is 2.48 bits per heavy atom. The van der Waals surface area contributed by atoms with E-state index >= 15 is 0 Å². The molecule has 23 heavy (non-hydrogen) atoms. The molecule has 1 unspecified atom stereocenters. The number of hydrogen-bond donors (Lipinski definition) is 1. The van der Waals surface area contributed by atoms with Crippen LogP contribution in [0.25, 0.3) is 0 Å². The number of halogens is 1. The van der Waals surface area contributed by atoms with Gasteiger partial charge in [0.15, 0.2) is 0 Å². The average Bonchev–Trinajstić information content (AvgIpc) is 2.47. The second-order valence-electron chi connectivity index (χ2n) is 5.45. The Hall–Kier alpha value is -1.85. The van der Waals surface area contributed by atoms with Crippen LogP contribution in [-0.4, -0.2) is 17.7 Å². The molecule has 0 heterocycles. The molecular formula is C18H19BrO4. The second-order valence-corrected chi connectivity index (χ2v) is 6.36. The standard InChI is InChI=1S/C18H19BrO4/c1-13(20)22-11-10-18(2,21)14-6-8-16(9-7-14)23-17-5-3-4-15(19)12-17/h3-9,12,21H,10-11H2,1-2H3. The Morgan fingerprint density at radius 2 is 1.87 bits per heavy atom. The molecule has 0 amide bonds. The van der Waals surface area contributed by atoms with Crippen molar-refractivity contribution in [2.45, 2.75) is 25.9 Å². The fourth-order valence-electron chi connectivity index (χ4n) is 2.09. The van der Waals surface area contributed by atoms with Crippen LogP contribution >= 0.6 is 15.9 Å². The van der Waals surface area contributed by atoms with Gasteiger partial charge in [0, 0.05) is 17.8 Å². The van der Waals surface area contributed by atoms with E-state index < -0.39 is 5.60 Å². The summed E-state index contributed by atoms with van der Waals surface area (Å²) in [7, 11) is 0. The molecule has 0 saturated heterocycles. The fourth-order valence-corrected chi connectivity index (χ4v) is 2.46. The van der Waals surface area contributed by atoms with Gasteiger partial charge in [0.25, 0.3) is 0 Å². The van der Waals surface area contributed by atoms with Crippen LogP contribution in [0.15, 0.2) is 53.0 Å². The summed E-state index contributed by atoms with van der Waals surface area (Å²) in [6, 6.07) is 14.8. The highest BCUT2D eigenvalue weighted by atomic mass is 79.9. The number of rotatable bonds is 6. The lowest BCUT2D eigenvalue weighted by Crippen LogP contribution is -2.23. The summed E-state index contributed by atoms with van der Waals surface area (Å²) in [6.45, 7) is 3.22. The monoisotopic (exact) mass is 378 g/mol. The molecule has 0 saturated carbocycles. The van der Waals surface area contributed by atoms with Gasteiger partial charge >= 0.3 is 5.97 Å². The Kier molecular flexibility index (Phi) is 5.80. The zero-order valence-electron chi connectivity index (χ0n) is 13.1. The predicted octanol–water partition coefficient (Wildman–Crippen LogP) is 4.40. The number of benzene rings is 2. The van der Waals surface area contributed by atoms with Crippen molar-refractivity contribution in [2.75, 3.05) is 6.61 Å². The fraction of sp³-hybridized carbons (Fsp3) is 0.278. The van der Waals surface area contributed by atoms with Gasteiger partial charge in [0.05, 0.1) is 12.2 Å². The largest absolute Gasteiger partial charge is 0.466 e. The molecule has 2 aromatic carbocycles. The summed E-state index contributed by atoms with van der Waals surface area (Å²) in [5.74, 6) is 1.06. The van der Waals surface area contributed by atoms with Crippen molar-refractivity contribution < 1.29 is 19.4 Å². The number of ether oxygens (including phenoxy) is 2. The summed E-state index contributed by atoms with van der Waals surface area (Å²) in [4.78, 5) is 10.8. The first kappa shape index (κ1) is 17.5. The highest BCUT2D eigenvalue weighted by Crippen LogP contribution is 2.29. The number of hydrogen-bond acceptors (Lipinski definition) is 4. The van der Waals surface area contributed by atoms with Crippen molar-refractivity contribution in [3.8, 4) is 11.5 Å². The Balaban J connectivity index is 2.02. The van der Waals surface area contributed by atoms with E-state index in [1.807, 2.05) is 24.3 Å². The van der Waals surface area contributed by atoms with E-state index in [1.54, 1.807) is 31.2 Å². The molecule has 0 aliphatic heterocycles. The SMILES string of the molecule is CC(=O)OCCC(C)(O)c1ccc(Oc2cccc(Br)c2)cc1. The number of carbonyl (C=O) groups is 1. The number of esters is 1. The molecule has 122 valence electrons. The minimum absolute atomic E-state index is 0.179. The summed E-state index contributed by atoms with van der Waals surface area (Å²) in [6.07, 6.45) is 0.332. The predicted molar refractivity (Wildman–Crippen MR) is 91.5 cm³/mol. The van der Waals surface area contributed by atoms with E-state index in [9.17, 15) is 9.90 Å². The molecule has 4 nitrogen and oxygen atoms in total. The quantitative estimate of drug-likeness (QED) is 0.756. The average molecular weight is 379 g/mol. The Morgan fingerprint density at radius 1 is 1.17 bits per heavy atom. The molecule has 0 aliphatic rings. The van der Waals surface area contributed by atoms with Crippen LogP contribution in [0.5, 0.6) is 11.5 Å². The first-order valence-electron chi connectivity index (χ1n) is 7.26. The second kappa shape index (κ2) is 7.62. The van der Waals surface area contributed by atoms with Gasteiger partial charge in [0.2, 0.25) is 0 Å². The van der Waals surface area contributed by atoms with Gasteiger partial charge in [-0.2, -0.15) is 0 Å². The third-order valence-corrected chi connectivity index (χ3v) is 3.90. The third-order valence-electron chi connectivity index (χ3n) is 3.40. The van der Waals surface area contributed by atoms with E-state index in [0.29, 0.717) is 12.2 Å². The normalized spacial score (nSPS) is 13.2. The molecule has 1 atom stereocenters. The lowest BCUT2D eigenvalue weighted by Gasteiger charge is -2.23. The summed E-state index contributed by atoms with van der Waals surface area (Å²) in [5, 5.41) is 10.5. The molecule has 0 spiro atoms. The number of carbonyl (C=O) groups excluding carboxylic acids is 1. The topological polar surface area (TPSA) is 55.8 Å². The van der Waals surface area contributed by atoms with E-state index in [-0.39, 0.29) is 12.6 Å². The van der Waals surface area contributed by atoms with Crippen LogP contribution in [0, 0.1) is 0 Å². The van der Waals surface area contributed by atoms with Crippen molar-refractivity contribution in [1.82, 2.24) is 0 Å². The maximum Gasteiger partial charge on any atom is 0.302 e. The maximum absolute atomic E-state index is 10.8. The van der Waals surface area contributed by atoms with E-state index in [2.05, 4.69) is 15.9 Å². The summed E-state index contributed by atoms with van der Waals surface area (Å²) < 4.78 is 11.6. The van der Waals surface area contributed by atoms with Crippen molar-refractivity contribution >= 4 is 21.9 Å². The third kappa shape index (κ3) is 5.37. The molecule has 0 fully saturated rings. The first-order valence-corrected chi connectivity index (χ1v) is 8.06. The zero-order valence-corrected chi connectivity index (χ0v) is 14.7. The summed E-state index contributed by atoms with van der Waals surface area (Å²) >= 11 is 3.40. The van der Waals surface area contributed by atoms with Gasteiger partial charge in [-0.25, -0.2) is 0 Å². The summed E-state index contributed by atoms with van der Waals surface area (Å²) in [5.41, 5.74) is -0.324. The van der Waals surface area contributed by atoms with Crippen molar-refractivity contribution in [2.24, 2.45) is 0 Å². The van der Waals surface area contributed by atoms with Crippen LogP contribution in [0.3, 0.4) is 0 Å². The van der Waals surface area contributed by atoms with Gasteiger partial charge in [-0.1, -0.05) is 34.1 Å². The highest BCUT2D eigenvalue weighted by molar-refractivity contribution is 9.10. The molecular weight excluding hydrogens is 360 g/mol. The highest BCUT2D eigenvalue weighted by Gasteiger charge is 2.23. The van der Waals surface area contributed by atoms with Crippen LogP contribution in [0.1, 0.15) is 25.8 Å². The molecule has 0 radical (unpaired) electrons. The van der Waals surface area contributed by atoms with Crippen LogP contribution in [-0.2, 0) is 15.1 Å². The smallest absolute Gasteiger partial charge is 0.302 e. The van der Waals surface area contributed by atoms with Crippen molar-refractivity contribution in [3.63, 3.8) is 0 Å². The molecule has 0 aromatic heterocycles. The lowest BCUT2D eigenvalue weighted by molar-refractivity contribution is -0.142. The van der Waals surface area contributed by atoms with Crippen molar-refractivity contribution in [3.05, 3.63) is 58.6 Å². The molecule has 2 aromatic rings. The first-order chi connectivity index (χ1) is 10.9. The molecule has 1 N–H and O–H groups in total. The molecule has 0 bridgehead atoms. The number of aliphatic hydroxyl groups is 1. The van der Waals surface area contributed by atoms with E-state index in [4.69, 9.17) is 9.47 Å². The van der Waals surface area contributed by atoms with Crippen LogP contribution < -0.4 is 4.74 Å². The van der Waals surface area contributed by atoms with Crippen LogP contribution in [0.4, 0.5) is 0 Å². The molecule has 5 heteroatoms. The Bertz CT molecular complexity index is 665. The van der Waals surface area contributed by atoms with Gasteiger partial charge in [0.1, 0.15) is 11.5 Å². The van der Waals surface area contributed by atoms with Gasteiger partial charge in [-0.3, -0.25) is 4.79 Å². The molecule has 2 rings (SSSR count). The van der Waals surface area contributed by atoms with Crippen molar-refractivity contribution in [1.29, 1.82) is 0 Å². The zero-order chi connectivity index (χ0) is 16.9.